The monoisotopic (exact) mass is 277 g/mol. The Morgan fingerprint density at radius 1 is 1.00 bits per heavy atom. The van der Waals surface area contributed by atoms with E-state index < -0.39 is 11.6 Å². The molecule has 0 spiro atoms. The third-order valence-corrected chi connectivity index (χ3v) is 3.27. The van der Waals surface area contributed by atoms with Crippen LogP contribution >= 0.6 is 0 Å². The van der Waals surface area contributed by atoms with Crippen LogP contribution in [0.25, 0.3) is 0 Å². The number of hydrogen-bond acceptors (Lipinski definition) is 3. The number of rotatable bonds is 4. The molecule has 3 nitrogen and oxygen atoms in total. The number of aryl methyl sites for hydroxylation is 1. The standard InChI is InChI=1S/C15H17F2N3/c1-9(12-4-5-13(16)14(17)8-12)20-11(3)15-10(2)18-6-7-19-15/h4-9,11,20H,1-3H3. The molecule has 0 radical (unpaired) electrons. The van der Waals surface area contributed by atoms with E-state index in [1.165, 1.54) is 6.07 Å². The Balaban J connectivity index is 2.13. The Bertz CT molecular complexity index is 601. The van der Waals surface area contributed by atoms with E-state index in [0.717, 1.165) is 17.5 Å². The molecule has 1 aromatic carbocycles. The van der Waals surface area contributed by atoms with E-state index in [1.54, 1.807) is 18.5 Å². The summed E-state index contributed by atoms with van der Waals surface area (Å²) in [6, 6.07) is 3.77. The average Bonchev–Trinajstić information content (AvgIpc) is 2.42. The zero-order valence-electron chi connectivity index (χ0n) is 11.7. The molecule has 0 amide bonds. The molecule has 5 heteroatoms. The number of benzene rings is 1. The van der Waals surface area contributed by atoms with Gasteiger partial charge in [0, 0.05) is 24.5 Å². The van der Waals surface area contributed by atoms with Gasteiger partial charge < -0.3 is 5.32 Å². The highest BCUT2D eigenvalue weighted by Gasteiger charge is 2.15. The van der Waals surface area contributed by atoms with Crippen LogP contribution in [0.3, 0.4) is 0 Å². The van der Waals surface area contributed by atoms with Gasteiger partial charge >= 0.3 is 0 Å². The van der Waals surface area contributed by atoms with Crippen LogP contribution < -0.4 is 5.32 Å². The number of nitrogens with zero attached hydrogens (tertiary/aromatic N) is 2. The maximum atomic E-state index is 13.2. The average molecular weight is 277 g/mol. The summed E-state index contributed by atoms with van der Waals surface area (Å²) in [5.74, 6) is -1.67. The van der Waals surface area contributed by atoms with E-state index in [2.05, 4.69) is 15.3 Å². The highest BCUT2D eigenvalue weighted by atomic mass is 19.2. The lowest BCUT2D eigenvalue weighted by atomic mass is 10.1. The molecule has 0 saturated heterocycles. The minimum atomic E-state index is -0.834. The van der Waals surface area contributed by atoms with Gasteiger partial charge in [-0.3, -0.25) is 9.97 Å². The summed E-state index contributed by atoms with van der Waals surface area (Å²) in [6.45, 7) is 5.75. The fourth-order valence-corrected chi connectivity index (χ4v) is 2.18. The quantitative estimate of drug-likeness (QED) is 0.929. The van der Waals surface area contributed by atoms with Crippen LogP contribution in [0.4, 0.5) is 8.78 Å². The van der Waals surface area contributed by atoms with Crippen molar-refractivity contribution >= 4 is 0 Å². The van der Waals surface area contributed by atoms with Crippen LogP contribution in [0.5, 0.6) is 0 Å². The van der Waals surface area contributed by atoms with Gasteiger partial charge in [-0.2, -0.15) is 0 Å². The smallest absolute Gasteiger partial charge is 0.159 e. The van der Waals surface area contributed by atoms with Crippen LogP contribution in [0.15, 0.2) is 30.6 Å². The van der Waals surface area contributed by atoms with E-state index in [4.69, 9.17) is 0 Å². The lowest BCUT2D eigenvalue weighted by molar-refractivity contribution is 0.472. The van der Waals surface area contributed by atoms with Crippen LogP contribution in [0.1, 0.15) is 42.9 Å². The van der Waals surface area contributed by atoms with Gasteiger partial charge in [-0.25, -0.2) is 8.78 Å². The van der Waals surface area contributed by atoms with Crippen molar-refractivity contribution in [3.8, 4) is 0 Å². The first-order valence-electron chi connectivity index (χ1n) is 6.47. The van der Waals surface area contributed by atoms with E-state index in [9.17, 15) is 8.78 Å². The first-order valence-corrected chi connectivity index (χ1v) is 6.47. The van der Waals surface area contributed by atoms with E-state index in [-0.39, 0.29) is 12.1 Å². The van der Waals surface area contributed by atoms with Crippen molar-refractivity contribution < 1.29 is 8.78 Å². The first-order chi connectivity index (χ1) is 9.49. The maximum absolute atomic E-state index is 13.2. The van der Waals surface area contributed by atoms with Gasteiger partial charge in [0.1, 0.15) is 0 Å². The first kappa shape index (κ1) is 14.5. The molecule has 2 atom stereocenters. The summed E-state index contributed by atoms with van der Waals surface area (Å²) in [4.78, 5) is 8.49. The van der Waals surface area contributed by atoms with Crippen molar-refractivity contribution in [2.45, 2.75) is 32.9 Å². The summed E-state index contributed by atoms with van der Waals surface area (Å²) in [5.41, 5.74) is 2.39. The highest BCUT2D eigenvalue weighted by molar-refractivity contribution is 5.22. The van der Waals surface area contributed by atoms with Crippen molar-refractivity contribution in [3.05, 3.63) is 59.2 Å². The molecule has 1 aromatic heterocycles. The molecular weight excluding hydrogens is 260 g/mol. The second-order valence-corrected chi connectivity index (χ2v) is 4.81. The van der Waals surface area contributed by atoms with Gasteiger partial charge in [-0.1, -0.05) is 6.07 Å². The van der Waals surface area contributed by atoms with Gasteiger partial charge in [0.2, 0.25) is 0 Å². The second-order valence-electron chi connectivity index (χ2n) is 4.81. The van der Waals surface area contributed by atoms with Gasteiger partial charge in [0.25, 0.3) is 0 Å². The summed E-state index contributed by atoms with van der Waals surface area (Å²) in [5, 5.41) is 3.31. The molecule has 1 heterocycles. The van der Waals surface area contributed by atoms with E-state index in [1.807, 2.05) is 20.8 Å². The zero-order valence-corrected chi connectivity index (χ0v) is 11.7. The lowest BCUT2D eigenvalue weighted by Crippen LogP contribution is -2.24. The minimum Gasteiger partial charge on any atom is -0.302 e. The summed E-state index contributed by atoms with van der Waals surface area (Å²) >= 11 is 0. The number of halogens is 2. The van der Waals surface area contributed by atoms with Gasteiger partial charge in [-0.15, -0.1) is 0 Å². The van der Waals surface area contributed by atoms with Crippen molar-refractivity contribution in [1.29, 1.82) is 0 Å². The Morgan fingerprint density at radius 3 is 2.35 bits per heavy atom. The van der Waals surface area contributed by atoms with Gasteiger partial charge in [-0.05, 0) is 38.5 Å². The van der Waals surface area contributed by atoms with Crippen molar-refractivity contribution in [2.75, 3.05) is 0 Å². The van der Waals surface area contributed by atoms with Crippen molar-refractivity contribution in [2.24, 2.45) is 0 Å². The van der Waals surface area contributed by atoms with Crippen LogP contribution in [0.2, 0.25) is 0 Å². The Labute approximate surface area is 117 Å². The molecule has 0 bridgehead atoms. The second kappa shape index (κ2) is 6.05. The molecule has 2 aromatic rings. The molecule has 106 valence electrons. The van der Waals surface area contributed by atoms with Gasteiger partial charge in [0.05, 0.1) is 11.4 Å². The predicted octanol–water partition coefficient (Wildman–Crippen LogP) is 3.48. The molecular formula is C15H17F2N3. The number of hydrogen-bond donors (Lipinski definition) is 1. The summed E-state index contributed by atoms with van der Waals surface area (Å²) in [7, 11) is 0. The van der Waals surface area contributed by atoms with Crippen molar-refractivity contribution in [1.82, 2.24) is 15.3 Å². The number of aromatic nitrogens is 2. The van der Waals surface area contributed by atoms with E-state index in [0.29, 0.717) is 5.56 Å². The molecule has 0 saturated carbocycles. The Morgan fingerprint density at radius 2 is 1.70 bits per heavy atom. The predicted molar refractivity (Wildman–Crippen MR) is 73.1 cm³/mol. The minimum absolute atomic E-state index is 0.0354. The van der Waals surface area contributed by atoms with Crippen LogP contribution in [0, 0.1) is 18.6 Å². The Hall–Kier alpha value is -1.88. The van der Waals surface area contributed by atoms with Crippen LogP contribution in [-0.2, 0) is 0 Å². The Kier molecular flexibility index (Phi) is 4.39. The van der Waals surface area contributed by atoms with Gasteiger partial charge in [0.15, 0.2) is 11.6 Å². The molecule has 0 aliphatic carbocycles. The summed E-state index contributed by atoms with van der Waals surface area (Å²) in [6.07, 6.45) is 3.28. The topological polar surface area (TPSA) is 37.8 Å². The number of nitrogens with one attached hydrogen (secondary N) is 1. The summed E-state index contributed by atoms with van der Waals surface area (Å²) < 4.78 is 26.2. The zero-order chi connectivity index (χ0) is 14.7. The SMILES string of the molecule is Cc1nccnc1C(C)NC(C)c1ccc(F)c(F)c1. The molecule has 2 rings (SSSR count). The largest absolute Gasteiger partial charge is 0.302 e. The van der Waals surface area contributed by atoms with Crippen molar-refractivity contribution in [3.63, 3.8) is 0 Å². The maximum Gasteiger partial charge on any atom is 0.159 e. The molecule has 0 aliphatic rings. The normalized spacial score (nSPS) is 14.1. The van der Waals surface area contributed by atoms with Crippen LogP contribution in [-0.4, -0.2) is 9.97 Å². The third kappa shape index (κ3) is 3.17. The molecule has 0 fully saturated rings. The fourth-order valence-electron chi connectivity index (χ4n) is 2.18. The van der Waals surface area contributed by atoms with E-state index >= 15 is 0 Å². The molecule has 2 unspecified atom stereocenters. The highest BCUT2D eigenvalue weighted by Crippen LogP contribution is 2.20. The molecule has 1 N–H and O–H groups in total. The fraction of sp³-hybridized carbons (Fsp3) is 0.333. The molecule has 0 aliphatic heterocycles. The third-order valence-electron chi connectivity index (χ3n) is 3.27. The molecule has 20 heavy (non-hydrogen) atoms. The lowest BCUT2D eigenvalue weighted by Gasteiger charge is -2.21.